The van der Waals surface area contributed by atoms with E-state index in [4.69, 9.17) is 9.47 Å². The number of thiazole rings is 2. The molecule has 4 aromatic rings. The predicted octanol–water partition coefficient (Wildman–Crippen LogP) is 4.99. The number of halogens is 3. The van der Waals surface area contributed by atoms with E-state index in [2.05, 4.69) is 31.2 Å². The molecule has 366 valence electrons. The highest BCUT2D eigenvalue weighted by Crippen LogP contribution is 2.41. The number of nitrogens with one attached hydrogen (secondary N) is 4. The van der Waals surface area contributed by atoms with Crippen LogP contribution < -0.4 is 30.9 Å². The van der Waals surface area contributed by atoms with Crippen LogP contribution in [0.1, 0.15) is 76.6 Å². The third kappa shape index (κ3) is 12.3. The van der Waals surface area contributed by atoms with Gasteiger partial charge in [0.25, 0.3) is 11.8 Å². The normalized spacial score (nSPS) is 18.6. The van der Waals surface area contributed by atoms with E-state index in [1.807, 2.05) is 24.0 Å². The third-order valence-electron chi connectivity index (χ3n) is 12.1. The van der Waals surface area contributed by atoms with Crippen molar-refractivity contribution >= 4 is 57.3 Å². The summed E-state index contributed by atoms with van der Waals surface area (Å²) in [6.45, 7) is 9.12. The average molecular weight is 983 g/mol. The van der Waals surface area contributed by atoms with Crippen molar-refractivity contribution in [3.8, 4) is 27.4 Å². The highest BCUT2D eigenvalue weighted by Gasteiger charge is 2.53. The fourth-order valence-electron chi connectivity index (χ4n) is 8.00. The number of rotatable bonds is 19. The van der Waals surface area contributed by atoms with E-state index in [-0.39, 0.29) is 50.9 Å². The summed E-state index contributed by atoms with van der Waals surface area (Å²) in [6.07, 6.45) is -0.300. The van der Waals surface area contributed by atoms with Gasteiger partial charge in [-0.2, -0.15) is 4.39 Å². The van der Waals surface area contributed by atoms with Crippen molar-refractivity contribution in [2.75, 3.05) is 57.4 Å². The Morgan fingerprint density at radius 2 is 1.66 bits per heavy atom. The number of carbonyl (C=O) groups is 5. The lowest BCUT2D eigenvalue weighted by atomic mass is 9.85. The summed E-state index contributed by atoms with van der Waals surface area (Å²) in [7, 11) is 0. The molecule has 7 rings (SSSR count). The number of likely N-dealkylation sites (tertiary alicyclic amines) is 1. The summed E-state index contributed by atoms with van der Waals surface area (Å²) < 4.78 is 55.0. The van der Waals surface area contributed by atoms with Crippen LogP contribution in [-0.2, 0) is 28.7 Å². The molecule has 2 aromatic heterocycles. The molecule has 21 heteroatoms. The van der Waals surface area contributed by atoms with Gasteiger partial charge >= 0.3 is 0 Å². The minimum Gasteiger partial charge on any atom is -0.480 e. The Kier molecular flexibility index (Phi) is 16.1. The van der Waals surface area contributed by atoms with Crippen LogP contribution >= 0.6 is 22.7 Å². The SMILES string of the molecule is Cc1ncsc1-c1ccc(C(CC(=O)NCCCCNC(=O)COc2c(-c3csc(N4CCOCC4)n3)ccc(F)c2F)NC(=O)[C@@H]2C[C@@H](O)CN2C(=O)C(NC(=O)C2(F)CC2)C(C)(C)C)cc1. The highest BCUT2D eigenvalue weighted by atomic mass is 32.1. The number of hydrogen-bond acceptors (Lipinski definition) is 13. The van der Waals surface area contributed by atoms with Crippen LogP contribution in [0, 0.1) is 24.0 Å². The van der Waals surface area contributed by atoms with E-state index in [9.17, 15) is 37.9 Å². The van der Waals surface area contributed by atoms with E-state index >= 15 is 4.39 Å². The van der Waals surface area contributed by atoms with Gasteiger partial charge in [0, 0.05) is 50.1 Å². The number of unbranched alkanes of at least 4 members (excludes halogenated alkanes) is 1. The first-order chi connectivity index (χ1) is 32.4. The Balaban J connectivity index is 0.928. The number of amides is 5. The first-order valence-electron chi connectivity index (χ1n) is 22.6. The van der Waals surface area contributed by atoms with Gasteiger partial charge in [0.2, 0.25) is 23.5 Å². The molecule has 68 heavy (non-hydrogen) atoms. The maximum atomic E-state index is 15.0. The topological polar surface area (TPSA) is 204 Å². The van der Waals surface area contributed by atoms with Crippen LogP contribution in [0.25, 0.3) is 21.7 Å². The zero-order chi connectivity index (χ0) is 48.8. The zero-order valence-corrected chi connectivity index (χ0v) is 40.0. The minimum absolute atomic E-state index is 0.0591. The summed E-state index contributed by atoms with van der Waals surface area (Å²) in [4.78, 5) is 80.3. The second kappa shape index (κ2) is 21.8. The summed E-state index contributed by atoms with van der Waals surface area (Å²) in [5, 5.41) is 24.2. The molecule has 16 nitrogen and oxygen atoms in total. The number of benzene rings is 2. The molecular weight excluding hydrogens is 926 g/mol. The number of nitrogens with zero attached hydrogens (tertiary/aromatic N) is 4. The monoisotopic (exact) mass is 982 g/mol. The Hall–Kier alpha value is -5.64. The summed E-state index contributed by atoms with van der Waals surface area (Å²) in [5.74, 6) is -5.87. The number of ether oxygens (including phenoxy) is 2. The molecule has 2 aliphatic heterocycles. The van der Waals surface area contributed by atoms with Gasteiger partial charge in [0.15, 0.2) is 29.0 Å². The molecule has 0 radical (unpaired) electrons. The van der Waals surface area contributed by atoms with Gasteiger partial charge < -0.3 is 45.6 Å². The molecule has 5 N–H and O–H groups in total. The number of aliphatic hydroxyl groups excluding tert-OH is 1. The molecular formula is C47H57F3N8O8S2. The number of aryl methyl sites for hydroxylation is 1. The summed E-state index contributed by atoms with van der Waals surface area (Å²) in [6, 6.07) is 6.48. The standard InChI is InChI=1S/C47H57F3N8O8S2/c1-27-40(68-26-53-27)29-9-7-28(8-10-29)33(54-42(62)35-21-30(59)23-58(35)43(63)41(46(2,3)4)56-44(64)47(50)13-14-47)22-36(60)51-15-5-6-16-52-37(61)24-66-39-31(11-12-32(48)38(39)49)34-25-67-45(55-34)57-17-19-65-20-18-57/h7-12,25-26,30,33,35,41,59H,5-6,13-24H2,1-4H3,(H,51,60)(H,52,61)(H,54,62)(H,56,64)/t30-,33?,35+,41?/m1/s1. The van der Waals surface area contributed by atoms with Gasteiger partial charge in [-0.3, -0.25) is 24.0 Å². The van der Waals surface area contributed by atoms with E-state index < -0.39 is 88.8 Å². The number of aromatic nitrogens is 2. The number of hydrogen-bond donors (Lipinski definition) is 5. The van der Waals surface area contributed by atoms with Crippen LogP contribution in [0.4, 0.5) is 18.3 Å². The molecule has 1 aliphatic carbocycles. The predicted molar refractivity (Wildman–Crippen MR) is 250 cm³/mol. The zero-order valence-electron chi connectivity index (χ0n) is 38.4. The quantitative estimate of drug-likeness (QED) is 0.0793. The van der Waals surface area contributed by atoms with E-state index in [1.54, 1.807) is 43.8 Å². The molecule has 2 aromatic carbocycles. The molecule has 0 bridgehead atoms. The Labute approximate surface area is 400 Å². The molecule has 5 amide bonds. The van der Waals surface area contributed by atoms with Gasteiger partial charge in [-0.1, -0.05) is 45.0 Å². The second-order valence-corrected chi connectivity index (χ2v) is 20.0. The average Bonchev–Trinajstić information content (AvgIpc) is 3.61. The van der Waals surface area contributed by atoms with Crippen LogP contribution in [0.5, 0.6) is 5.75 Å². The lowest BCUT2D eigenvalue weighted by Crippen LogP contribution is -2.59. The first kappa shape index (κ1) is 50.2. The van der Waals surface area contributed by atoms with Crippen molar-refractivity contribution in [1.82, 2.24) is 36.1 Å². The molecule has 1 saturated carbocycles. The van der Waals surface area contributed by atoms with Crippen molar-refractivity contribution in [3.05, 3.63) is 70.2 Å². The van der Waals surface area contributed by atoms with Crippen LogP contribution in [0.2, 0.25) is 0 Å². The molecule has 3 aliphatic rings. The molecule has 4 atom stereocenters. The van der Waals surface area contributed by atoms with Crippen LogP contribution in [0.3, 0.4) is 0 Å². The maximum absolute atomic E-state index is 15.0. The fourth-order valence-corrected chi connectivity index (χ4v) is 9.69. The molecule has 2 saturated heterocycles. The lowest BCUT2D eigenvalue weighted by molar-refractivity contribution is -0.145. The Morgan fingerprint density at radius 1 is 0.971 bits per heavy atom. The molecule has 2 unspecified atom stereocenters. The fraction of sp³-hybridized carbons (Fsp3) is 0.511. The minimum atomic E-state index is -2.03. The van der Waals surface area contributed by atoms with Crippen molar-refractivity contribution in [1.29, 1.82) is 0 Å². The molecule has 3 fully saturated rings. The maximum Gasteiger partial charge on any atom is 0.258 e. The van der Waals surface area contributed by atoms with Crippen molar-refractivity contribution < 1.29 is 51.7 Å². The van der Waals surface area contributed by atoms with Crippen LogP contribution in [0.15, 0.2) is 47.3 Å². The van der Waals surface area contributed by atoms with E-state index in [0.29, 0.717) is 55.5 Å². The molecule has 0 spiro atoms. The highest BCUT2D eigenvalue weighted by molar-refractivity contribution is 7.14. The van der Waals surface area contributed by atoms with Crippen molar-refractivity contribution in [3.63, 3.8) is 0 Å². The number of aliphatic hydroxyl groups is 1. The Morgan fingerprint density at radius 3 is 2.31 bits per heavy atom. The first-order valence-corrected chi connectivity index (χ1v) is 24.4. The van der Waals surface area contributed by atoms with E-state index in [0.717, 1.165) is 22.2 Å². The number of alkyl halides is 1. The third-order valence-corrected chi connectivity index (χ3v) is 13.9. The molecule has 4 heterocycles. The van der Waals surface area contributed by atoms with Crippen LogP contribution in [-0.4, -0.2) is 126 Å². The summed E-state index contributed by atoms with van der Waals surface area (Å²) in [5.41, 5.74) is 1.80. The summed E-state index contributed by atoms with van der Waals surface area (Å²) >= 11 is 2.83. The number of carbonyl (C=O) groups excluding carboxylic acids is 5. The second-order valence-electron chi connectivity index (χ2n) is 18.3. The van der Waals surface area contributed by atoms with Gasteiger partial charge in [0.05, 0.1) is 53.6 Å². The van der Waals surface area contributed by atoms with Crippen molar-refractivity contribution in [2.45, 2.75) is 96.1 Å². The van der Waals surface area contributed by atoms with E-state index in [1.165, 1.54) is 33.6 Å². The van der Waals surface area contributed by atoms with Gasteiger partial charge in [-0.05, 0) is 61.3 Å². The largest absolute Gasteiger partial charge is 0.480 e. The Bertz CT molecular complexity index is 2450. The van der Waals surface area contributed by atoms with Gasteiger partial charge in [-0.25, -0.2) is 18.7 Å². The van der Waals surface area contributed by atoms with Crippen molar-refractivity contribution in [2.24, 2.45) is 5.41 Å². The number of morpholine rings is 1. The smallest absolute Gasteiger partial charge is 0.258 e. The van der Waals surface area contributed by atoms with Gasteiger partial charge in [0.1, 0.15) is 12.1 Å². The number of β-amino-alcohol motifs (C(OH)–C–C–N with tert-alkyl or cyclic N) is 1. The number of anilines is 1. The lowest BCUT2D eigenvalue weighted by Gasteiger charge is -2.36. The van der Waals surface area contributed by atoms with Gasteiger partial charge in [-0.15, -0.1) is 22.7 Å².